The van der Waals surface area contributed by atoms with Crippen LogP contribution in [0.3, 0.4) is 0 Å². The van der Waals surface area contributed by atoms with Crippen molar-refractivity contribution in [2.24, 2.45) is 0 Å². The van der Waals surface area contributed by atoms with E-state index in [2.05, 4.69) is 15.3 Å². The number of nitrogens with one attached hydrogen (secondary N) is 1. The molecule has 0 bridgehead atoms. The highest BCUT2D eigenvalue weighted by molar-refractivity contribution is 7.17. The molecular weight excluding hydrogens is 282 g/mol. The van der Waals surface area contributed by atoms with Gasteiger partial charge in [0.2, 0.25) is 0 Å². The lowest BCUT2D eigenvalue weighted by atomic mass is 10.2. The molecule has 3 rings (SSSR count). The Kier molecular flexibility index (Phi) is 3.14. The van der Waals surface area contributed by atoms with Crippen molar-refractivity contribution in [1.29, 1.82) is 0 Å². The Hall–Kier alpha value is -1.99. The molecule has 5 nitrogen and oxygen atoms in total. The number of thiophene rings is 2. The molecule has 1 unspecified atom stereocenters. The number of hydrogen-bond acceptors (Lipinski definition) is 6. The summed E-state index contributed by atoms with van der Waals surface area (Å²) in [7, 11) is 0. The van der Waals surface area contributed by atoms with Gasteiger partial charge < -0.3 is 10.4 Å². The molecule has 0 radical (unpaired) electrons. The molecule has 0 fully saturated rings. The van der Waals surface area contributed by atoms with E-state index < -0.39 is 12.0 Å². The van der Waals surface area contributed by atoms with Crippen LogP contribution in [0.4, 0.5) is 5.82 Å². The molecule has 0 aliphatic heterocycles. The molecule has 0 saturated heterocycles. The van der Waals surface area contributed by atoms with E-state index in [-0.39, 0.29) is 0 Å². The van der Waals surface area contributed by atoms with Crippen molar-refractivity contribution in [2.75, 3.05) is 5.32 Å². The number of nitrogens with zero attached hydrogens (tertiary/aromatic N) is 2. The molecule has 7 heteroatoms. The molecule has 0 aliphatic carbocycles. The summed E-state index contributed by atoms with van der Waals surface area (Å²) < 4.78 is 0.866. The molecule has 3 heterocycles. The van der Waals surface area contributed by atoms with Crippen LogP contribution in [0.2, 0.25) is 0 Å². The zero-order valence-corrected chi connectivity index (χ0v) is 11.2. The number of anilines is 1. The van der Waals surface area contributed by atoms with Gasteiger partial charge in [-0.15, -0.1) is 22.7 Å². The Bertz CT molecular complexity index is 709. The lowest BCUT2D eigenvalue weighted by molar-refractivity contribution is -0.138. The van der Waals surface area contributed by atoms with Crippen molar-refractivity contribution in [1.82, 2.24) is 9.97 Å². The van der Waals surface area contributed by atoms with Gasteiger partial charge in [0, 0.05) is 4.88 Å². The van der Waals surface area contributed by atoms with E-state index in [1.807, 2.05) is 22.9 Å². The van der Waals surface area contributed by atoms with Crippen LogP contribution in [-0.2, 0) is 4.79 Å². The van der Waals surface area contributed by atoms with Crippen molar-refractivity contribution in [2.45, 2.75) is 6.04 Å². The molecular formula is C12H9N3O2S2. The minimum atomic E-state index is -0.925. The van der Waals surface area contributed by atoms with Crippen LogP contribution in [0.5, 0.6) is 0 Å². The topological polar surface area (TPSA) is 75.1 Å². The fourth-order valence-corrected chi connectivity index (χ4v) is 3.30. The first-order valence-electron chi connectivity index (χ1n) is 5.46. The molecule has 1 atom stereocenters. The Morgan fingerprint density at radius 1 is 1.26 bits per heavy atom. The molecule has 0 aliphatic rings. The number of hydrogen-bond donors (Lipinski definition) is 2. The lowest BCUT2D eigenvalue weighted by Gasteiger charge is -2.13. The molecule has 0 amide bonds. The maximum atomic E-state index is 11.4. The van der Waals surface area contributed by atoms with Crippen molar-refractivity contribution >= 4 is 44.7 Å². The first kappa shape index (κ1) is 12.1. The maximum absolute atomic E-state index is 11.4. The number of carboxylic acid groups (broad SMARTS) is 1. The van der Waals surface area contributed by atoms with E-state index in [1.54, 1.807) is 6.07 Å². The van der Waals surface area contributed by atoms with Crippen molar-refractivity contribution in [3.8, 4) is 0 Å². The third kappa shape index (κ3) is 2.29. The van der Waals surface area contributed by atoms with Gasteiger partial charge in [-0.25, -0.2) is 14.8 Å². The largest absolute Gasteiger partial charge is 0.479 e. The molecule has 0 aromatic carbocycles. The quantitative estimate of drug-likeness (QED) is 0.773. The Morgan fingerprint density at radius 2 is 2.16 bits per heavy atom. The Labute approximate surface area is 116 Å². The van der Waals surface area contributed by atoms with E-state index in [0.717, 1.165) is 15.1 Å². The SMILES string of the molecule is O=C(O)C(Nc1ncnc2ccsc12)c1cccs1. The molecule has 3 aromatic heterocycles. The van der Waals surface area contributed by atoms with Gasteiger partial charge in [-0.3, -0.25) is 0 Å². The summed E-state index contributed by atoms with van der Waals surface area (Å²) >= 11 is 2.89. The molecule has 0 saturated carbocycles. The van der Waals surface area contributed by atoms with Crippen LogP contribution in [0, 0.1) is 0 Å². The summed E-state index contributed by atoms with van der Waals surface area (Å²) in [6.07, 6.45) is 1.44. The highest BCUT2D eigenvalue weighted by atomic mass is 32.1. The van der Waals surface area contributed by atoms with Crippen LogP contribution in [0.25, 0.3) is 10.2 Å². The number of carbonyl (C=O) groups is 1. The van der Waals surface area contributed by atoms with Crippen LogP contribution >= 0.6 is 22.7 Å². The number of rotatable bonds is 4. The molecule has 0 spiro atoms. The van der Waals surface area contributed by atoms with Gasteiger partial charge in [-0.2, -0.15) is 0 Å². The third-order valence-electron chi connectivity index (χ3n) is 2.60. The predicted octanol–water partition coefficient (Wildman–Crippen LogP) is 2.99. The molecule has 3 aromatic rings. The Balaban J connectivity index is 1.98. The van der Waals surface area contributed by atoms with Crippen molar-refractivity contribution < 1.29 is 9.90 Å². The first-order chi connectivity index (χ1) is 9.25. The summed E-state index contributed by atoms with van der Waals surface area (Å²) in [5.41, 5.74) is 0.817. The van der Waals surface area contributed by atoms with E-state index in [9.17, 15) is 9.90 Å². The number of aliphatic carboxylic acids is 1. The van der Waals surface area contributed by atoms with Crippen LogP contribution < -0.4 is 5.32 Å². The normalized spacial score (nSPS) is 12.4. The van der Waals surface area contributed by atoms with E-state index in [0.29, 0.717) is 5.82 Å². The average molecular weight is 291 g/mol. The predicted molar refractivity (Wildman–Crippen MR) is 75.7 cm³/mol. The fraction of sp³-hybridized carbons (Fsp3) is 0.0833. The second-order valence-electron chi connectivity index (χ2n) is 3.79. The van der Waals surface area contributed by atoms with Crippen molar-refractivity contribution in [3.05, 3.63) is 40.2 Å². The van der Waals surface area contributed by atoms with E-state index in [1.165, 1.54) is 29.0 Å². The first-order valence-corrected chi connectivity index (χ1v) is 7.22. The maximum Gasteiger partial charge on any atom is 0.331 e. The zero-order chi connectivity index (χ0) is 13.2. The number of carboxylic acids is 1. The van der Waals surface area contributed by atoms with Crippen molar-refractivity contribution in [3.63, 3.8) is 0 Å². The second-order valence-corrected chi connectivity index (χ2v) is 5.68. The minimum Gasteiger partial charge on any atom is -0.479 e. The smallest absolute Gasteiger partial charge is 0.331 e. The standard InChI is InChI=1S/C12H9N3O2S2/c16-12(17)9(8-2-1-4-18-8)15-11-10-7(3-5-19-10)13-6-14-11/h1-6,9H,(H,16,17)(H,13,14,15). The highest BCUT2D eigenvalue weighted by Crippen LogP contribution is 2.29. The van der Waals surface area contributed by atoms with Gasteiger partial charge in [0.1, 0.15) is 12.1 Å². The summed E-state index contributed by atoms with van der Waals surface area (Å²) in [6.45, 7) is 0. The van der Waals surface area contributed by atoms with Gasteiger partial charge >= 0.3 is 5.97 Å². The van der Waals surface area contributed by atoms with Crippen LogP contribution in [0.1, 0.15) is 10.9 Å². The fourth-order valence-electron chi connectivity index (χ4n) is 1.74. The van der Waals surface area contributed by atoms with Crippen LogP contribution in [0.15, 0.2) is 35.3 Å². The molecule has 2 N–H and O–H groups in total. The van der Waals surface area contributed by atoms with E-state index >= 15 is 0 Å². The number of aromatic nitrogens is 2. The summed E-state index contributed by atoms with van der Waals surface area (Å²) in [6, 6.07) is 4.72. The monoisotopic (exact) mass is 291 g/mol. The third-order valence-corrected chi connectivity index (χ3v) is 4.45. The number of fused-ring (bicyclic) bond motifs is 1. The molecule has 19 heavy (non-hydrogen) atoms. The zero-order valence-electron chi connectivity index (χ0n) is 9.61. The van der Waals surface area contributed by atoms with Crippen LogP contribution in [-0.4, -0.2) is 21.0 Å². The second kappa shape index (κ2) is 4.94. The Morgan fingerprint density at radius 3 is 2.89 bits per heavy atom. The van der Waals surface area contributed by atoms with E-state index in [4.69, 9.17) is 0 Å². The van der Waals surface area contributed by atoms with Gasteiger partial charge in [0.25, 0.3) is 0 Å². The molecule has 96 valence electrons. The lowest BCUT2D eigenvalue weighted by Crippen LogP contribution is -2.20. The minimum absolute atomic E-state index is 0.556. The average Bonchev–Trinajstić information content (AvgIpc) is 3.06. The summed E-state index contributed by atoms with van der Waals surface area (Å²) in [5.74, 6) is -0.369. The van der Waals surface area contributed by atoms with Gasteiger partial charge in [0.15, 0.2) is 6.04 Å². The van der Waals surface area contributed by atoms with Gasteiger partial charge in [-0.05, 0) is 22.9 Å². The summed E-state index contributed by atoms with van der Waals surface area (Å²) in [4.78, 5) is 20.4. The summed E-state index contributed by atoms with van der Waals surface area (Å²) in [5, 5.41) is 16.1. The highest BCUT2D eigenvalue weighted by Gasteiger charge is 2.22. The van der Waals surface area contributed by atoms with Gasteiger partial charge in [-0.1, -0.05) is 6.07 Å². The van der Waals surface area contributed by atoms with Gasteiger partial charge in [0.05, 0.1) is 10.2 Å².